The van der Waals surface area contributed by atoms with Crippen LogP contribution in [-0.4, -0.2) is 32.9 Å². The van der Waals surface area contributed by atoms with Crippen LogP contribution < -0.4 is 4.74 Å². The zero-order valence-electron chi connectivity index (χ0n) is 14.9. The van der Waals surface area contributed by atoms with Gasteiger partial charge in [-0.15, -0.1) is 0 Å². The van der Waals surface area contributed by atoms with Crippen LogP contribution >= 0.6 is 0 Å². The van der Waals surface area contributed by atoms with Gasteiger partial charge >= 0.3 is 6.01 Å². The quantitative estimate of drug-likeness (QED) is 0.780. The molecule has 1 amide bonds. The van der Waals surface area contributed by atoms with E-state index >= 15 is 0 Å². The van der Waals surface area contributed by atoms with Gasteiger partial charge in [-0.25, -0.2) is 9.97 Å². The van der Waals surface area contributed by atoms with Crippen molar-refractivity contribution in [1.82, 2.24) is 14.9 Å². The summed E-state index contributed by atoms with van der Waals surface area (Å²) in [6.07, 6.45) is 8.83. The number of ether oxygens (including phenoxy) is 1. The molecule has 0 radical (unpaired) electrons. The largest absolute Gasteiger partial charge is 0.424 e. The predicted molar refractivity (Wildman–Crippen MR) is 96.7 cm³/mol. The molecular weight excluding hydrogens is 314 g/mol. The van der Waals surface area contributed by atoms with E-state index in [1.54, 1.807) is 24.5 Å². The topological polar surface area (TPSA) is 55.3 Å². The highest BCUT2D eigenvalue weighted by Crippen LogP contribution is 2.28. The van der Waals surface area contributed by atoms with Crippen molar-refractivity contribution >= 4 is 5.91 Å². The number of hydrogen-bond donors (Lipinski definition) is 0. The molecule has 1 aliphatic rings. The molecule has 0 saturated heterocycles. The van der Waals surface area contributed by atoms with Crippen molar-refractivity contribution in [3.8, 4) is 11.8 Å². The molecular formula is C20H25N3O2. The minimum atomic E-state index is 0.0840. The molecule has 132 valence electrons. The maximum atomic E-state index is 13.2. The lowest BCUT2D eigenvalue weighted by atomic mass is 10.1. The summed E-state index contributed by atoms with van der Waals surface area (Å²) in [4.78, 5) is 23.4. The molecule has 3 rings (SSSR count). The zero-order valence-corrected chi connectivity index (χ0v) is 14.9. The van der Waals surface area contributed by atoms with Gasteiger partial charge in [-0.3, -0.25) is 4.79 Å². The van der Waals surface area contributed by atoms with Crippen molar-refractivity contribution in [2.45, 2.75) is 58.0 Å². The first kappa shape index (κ1) is 17.4. The van der Waals surface area contributed by atoms with E-state index in [2.05, 4.69) is 28.7 Å². The second-order valence-electron chi connectivity index (χ2n) is 6.57. The van der Waals surface area contributed by atoms with Gasteiger partial charge in [0.05, 0.1) is 0 Å². The standard InChI is InChI=1S/C20H25N3O2/c1-3-15(2)23(17-9-4-5-10-17)19(24)16-8-6-11-18(14-16)25-20-21-12-7-13-22-20/h6-8,11-15,17H,3-5,9-10H2,1-2H3. The SMILES string of the molecule is CCC(C)N(C(=O)c1cccc(Oc2ncccn2)c1)C1CCCC1. The van der Waals surface area contributed by atoms with E-state index in [-0.39, 0.29) is 18.0 Å². The Labute approximate surface area is 149 Å². The van der Waals surface area contributed by atoms with E-state index in [4.69, 9.17) is 4.74 Å². The molecule has 1 aromatic carbocycles. The Hall–Kier alpha value is -2.43. The Bertz CT molecular complexity index is 699. The van der Waals surface area contributed by atoms with Crippen molar-refractivity contribution in [3.05, 3.63) is 48.3 Å². The fraction of sp³-hybridized carbons (Fsp3) is 0.450. The molecule has 1 unspecified atom stereocenters. The molecule has 1 saturated carbocycles. The summed E-state index contributed by atoms with van der Waals surface area (Å²) in [5, 5.41) is 0. The molecule has 5 heteroatoms. The summed E-state index contributed by atoms with van der Waals surface area (Å²) < 4.78 is 5.67. The van der Waals surface area contributed by atoms with Crippen molar-refractivity contribution < 1.29 is 9.53 Å². The number of benzene rings is 1. The van der Waals surface area contributed by atoms with Gasteiger partial charge in [0.25, 0.3) is 5.91 Å². The Kier molecular flexibility index (Phi) is 5.64. The van der Waals surface area contributed by atoms with Crippen LogP contribution in [0.4, 0.5) is 0 Å². The number of hydrogen-bond acceptors (Lipinski definition) is 4. The van der Waals surface area contributed by atoms with Gasteiger partial charge in [-0.2, -0.15) is 0 Å². The third kappa shape index (κ3) is 4.16. The number of amides is 1. The van der Waals surface area contributed by atoms with Crippen molar-refractivity contribution in [2.24, 2.45) is 0 Å². The zero-order chi connectivity index (χ0) is 17.6. The maximum absolute atomic E-state index is 13.2. The van der Waals surface area contributed by atoms with Gasteiger partial charge in [0.15, 0.2) is 0 Å². The fourth-order valence-electron chi connectivity index (χ4n) is 3.39. The summed E-state index contributed by atoms with van der Waals surface area (Å²) in [5.74, 6) is 0.660. The smallest absolute Gasteiger partial charge is 0.321 e. The summed E-state index contributed by atoms with van der Waals surface area (Å²) >= 11 is 0. The highest BCUT2D eigenvalue weighted by molar-refractivity contribution is 5.95. The van der Waals surface area contributed by atoms with Crippen molar-refractivity contribution in [3.63, 3.8) is 0 Å². The van der Waals surface area contributed by atoms with Gasteiger partial charge < -0.3 is 9.64 Å². The van der Waals surface area contributed by atoms with E-state index in [0.29, 0.717) is 17.4 Å². The summed E-state index contributed by atoms with van der Waals surface area (Å²) in [6, 6.07) is 9.89. The van der Waals surface area contributed by atoms with E-state index in [1.165, 1.54) is 12.8 Å². The van der Waals surface area contributed by atoms with Crippen molar-refractivity contribution in [2.75, 3.05) is 0 Å². The predicted octanol–water partition coefficient (Wildman–Crippen LogP) is 4.45. The van der Waals surface area contributed by atoms with E-state index in [0.717, 1.165) is 19.3 Å². The Balaban J connectivity index is 1.81. The lowest BCUT2D eigenvalue weighted by Crippen LogP contribution is -2.44. The molecule has 5 nitrogen and oxygen atoms in total. The molecule has 1 aliphatic carbocycles. The number of carbonyl (C=O) groups is 1. The average Bonchev–Trinajstić information content (AvgIpc) is 3.17. The summed E-state index contributed by atoms with van der Waals surface area (Å²) in [6.45, 7) is 4.26. The summed E-state index contributed by atoms with van der Waals surface area (Å²) in [5.41, 5.74) is 0.653. The number of nitrogens with zero attached hydrogens (tertiary/aromatic N) is 3. The van der Waals surface area contributed by atoms with E-state index in [9.17, 15) is 4.79 Å². The van der Waals surface area contributed by atoms with Gasteiger partial charge in [0, 0.05) is 30.0 Å². The third-order valence-corrected chi connectivity index (χ3v) is 4.85. The number of carbonyl (C=O) groups excluding carboxylic acids is 1. The molecule has 2 aromatic rings. The van der Waals surface area contributed by atoms with E-state index < -0.39 is 0 Å². The maximum Gasteiger partial charge on any atom is 0.321 e. The highest BCUT2D eigenvalue weighted by atomic mass is 16.5. The van der Waals surface area contributed by atoms with E-state index in [1.807, 2.05) is 18.2 Å². The van der Waals surface area contributed by atoms with Crippen LogP contribution in [0.5, 0.6) is 11.8 Å². The Morgan fingerprint density at radius 1 is 1.24 bits per heavy atom. The molecule has 0 bridgehead atoms. The van der Waals surface area contributed by atoms with Crippen LogP contribution in [0.1, 0.15) is 56.3 Å². The fourth-order valence-corrected chi connectivity index (χ4v) is 3.39. The minimum absolute atomic E-state index is 0.0840. The van der Waals surface area contributed by atoms with Crippen LogP contribution in [0.15, 0.2) is 42.7 Å². The monoisotopic (exact) mass is 339 g/mol. The average molecular weight is 339 g/mol. The molecule has 1 fully saturated rings. The molecule has 1 atom stereocenters. The number of aromatic nitrogens is 2. The Morgan fingerprint density at radius 3 is 2.64 bits per heavy atom. The number of rotatable bonds is 6. The minimum Gasteiger partial charge on any atom is -0.424 e. The molecule has 1 heterocycles. The van der Waals surface area contributed by atoms with Gasteiger partial charge in [0.2, 0.25) is 0 Å². The lowest BCUT2D eigenvalue weighted by Gasteiger charge is -2.34. The summed E-state index contributed by atoms with van der Waals surface area (Å²) in [7, 11) is 0. The van der Waals surface area contributed by atoms with Crippen LogP contribution in [0, 0.1) is 0 Å². The molecule has 0 N–H and O–H groups in total. The molecule has 0 spiro atoms. The Morgan fingerprint density at radius 2 is 1.96 bits per heavy atom. The van der Waals surface area contributed by atoms with Crippen LogP contribution in [0.3, 0.4) is 0 Å². The third-order valence-electron chi connectivity index (χ3n) is 4.85. The first-order valence-corrected chi connectivity index (χ1v) is 9.06. The second-order valence-corrected chi connectivity index (χ2v) is 6.57. The first-order chi connectivity index (χ1) is 12.2. The molecule has 25 heavy (non-hydrogen) atoms. The normalized spacial score (nSPS) is 15.8. The highest BCUT2D eigenvalue weighted by Gasteiger charge is 2.30. The van der Waals surface area contributed by atoms with Gasteiger partial charge in [-0.1, -0.05) is 25.8 Å². The lowest BCUT2D eigenvalue weighted by molar-refractivity contribution is 0.0589. The van der Waals surface area contributed by atoms with Gasteiger partial charge in [0.1, 0.15) is 5.75 Å². The van der Waals surface area contributed by atoms with Crippen LogP contribution in [0.25, 0.3) is 0 Å². The first-order valence-electron chi connectivity index (χ1n) is 9.06. The van der Waals surface area contributed by atoms with Gasteiger partial charge in [-0.05, 0) is 50.5 Å². The van der Waals surface area contributed by atoms with Crippen LogP contribution in [-0.2, 0) is 0 Å². The molecule has 1 aromatic heterocycles. The van der Waals surface area contributed by atoms with Crippen molar-refractivity contribution in [1.29, 1.82) is 0 Å². The van der Waals surface area contributed by atoms with Crippen LogP contribution in [0.2, 0.25) is 0 Å². The molecule has 0 aliphatic heterocycles. The second kappa shape index (κ2) is 8.10.